The first kappa shape index (κ1) is 19.7. The molecule has 0 radical (unpaired) electrons. The van der Waals surface area contributed by atoms with Gasteiger partial charge in [-0.1, -0.05) is 13.3 Å². The third kappa shape index (κ3) is 4.95. The Labute approximate surface area is 150 Å². The Hall–Kier alpha value is -1.60. The zero-order valence-corrected chi connectivity index (χ0v) is 16.1. The van der Waals surface area contributed by atoms with E-state index in [2.05, 4.69) is 0 Å². The van der Waals surface area contributed by atoms with E-state index in [9.17, 15) is 13.2 Å². The fraction of sp³-hybridized carbons (Fsp3) is 0.611. The van der Waals surface area contributed by atoms with Gasteiger partial charge in [0.1, 0.15) is 5.75 Å². The third-order valence-corrected chi connectivity index (χ3v) is 6.35. The van der Waals surface area contributed by atoms with Crippen molar-refractivity contribution in [3.63, 3.8) is 0 Å². The van der Waals surface area contributed by atoms with E-state index in [-0.39, 0.29) is 11.7 Å². The number of carbonyl (C=O) groups excluding carboxylic acids is 1. The molecule has 1 saturated heterocycles. The van der Waals surface area contributed by atoms with E-state index < -0.39 is 10.0 Å². The summed E-state index contributed by atoms with van der Waals surface area (Å²) in [6, 6.07) is 5.42. The predicted octanol–water partition coefficient (Wildman–Crippen LogP) is 2.28. The van der Waals surface area contributed by atoms with Crippen molar-refractivity contribution in [3.05, 3.63) is 29.3 Å². The molecular weight excluding hydrogens is 340 g/mol. The summed E-state index contributed by atoms with van der Waals surface area (Å²) < 4.78 is 31.5. The molecule has 1 aliphatic heterocycles. The van der Waals surface area contributed by atoms with Crippen molar-refractivity contribution in [1.82, 2.24) is 9.21 Å². The lowest BCUT2D eigenvalue weighted by Gasteiger charge is -2.34. The number of unbranched alkanes of at least 4 members (excludes halogenated alkanes) is 1. The van der Waals surface area contributed by atoms with Gasteiger partial charge in [-0.05, 0) is 44.0 Å². The van der Waals surface area contributed by atoms with E-state index in [0.29, 0.717) is 44.8 Å². The second-order valence-corrected chi connectivity index (χ2v) is 8.36. The van der Waals surface area contributed by atoms with E-state index in [1.807, 2.05) is 32.9 Å². The Morgan fingerprint density at radius 2 is 1.84 bits per heavy atom. The number of piperazine rings is 1. The van der Waals surface area contributed by atoms with Gasteiger partial charge in [-0.15, -0.1) is 0 Å². The summed E-state index contributed by atoms with van der Waals surface area (Å²) in [5.74, 6) is 0.915. The van der Waals surface area contributed by atoms with E-state index >= 15 is 0 Å². The number of amides is 1. The molecule has 2 rings (SSSR count). The summed E-state index contributed by atoms with van der Waals surface area (Å²) >= 11 is 0. The summed E-state index contributed by atoms with van der Waals surface area (Å²) in [7, 11) is -3.20. The predicted molar refractivity (Wildman–Crippen MR) is 98.5 cm³/mol. The summed E-state index contributed by atoms with van der Waals surface area (Å²) in [5.41, 5.74) is 1.54. The SMILES string of the molecule is CCCCS(=O)(=O)N1CCN(C(=O)c2ccc(OCC)c(C)c2)CC1. The summed E-state index contributed by atoms with van der Waals surface area (Å²) in [6.45, 7) is 7.99. The fourth-order valence-electron chi connectivity index (χ4n) is 2.91. The zero-order valence-electron chi connectivity index (χ0n) is 15.3. The minimum atomic E-state index is -3.20. The fourth-order valence-corrected chi connectivity index (χ4v) is 4.54. The first-order valence-corrected chi connectivity index (χ1v) is 10.5. The maximum absolute atomic E-state index is 12.7. The molecule has 0 saturated carbocycles. The van der Waals surface area contributed by atoms with Crippen molar-refractivity contribution in [2.75, 3.05) is 38.5 Å². The minimum Gasteiger partial charge on any atom is -0.494 e. The van der Waals surface area contributed by atoms with Crippen LogP contribution >= 0.6 is 0 Å². The number of ether oxygens (including phenoxy) is 1. The topological polar surface area (TPSA) is 66.9 Å². The maximum Gasteiger partial charge on any atom is 0.253 e. The molecule has 6 nitrogen and oxygen atoms in total. The second-order valence-electron chi connectivity index (χ2n) is 6.27. The Kier molecular flexibility index (Phi) is 6.84. The van der Waals surface area contributed by atoms with Gasteiger partial charge in [-0.25, -0.2) is 8.42 Å². The molecule has 25 heavy (non-hydrogen) atoms. The molecule has 0 bridgehead atoms. The first-order chi connectivity index (χ1) is 11.9. The summed E-state index contributed by atoms with van der Waals surface area (Å²) in [5, 5.41) is 0. The van der Waals surface area contributed by atoms with Gasteiger partial charge in [0.25, 0.3) is 5.91 Å². The van der Waals surface area contributed by atoms with Crippen molar-refractivity contribution in [3.8, 4) is 5.75 Å². The lowest BCUT2D eigenvalue weighted by molar-refractivity contribution is 0.0697. The van der Waals surface area contributed by atoms with Crippen LogP contribution in [-0.4, -0.2) is 62.1 Å². The Morgan fingerprint density at radius 1 is 1.16 bits per heavy atom. The number of aryl methyl sites for hydroxylation is 1. The van der Waals surface area contributed by atoms with Crippen molar-refractivity contribution in [2.45, 2.75) is 33.6 Å². The van der Waals surface area contributed by atoms with Gasteiger partial charge in [-0.3, -0.25) is 4.79 Å². The summed E-state index contributed by atoms with van der Waals surface area (Å²) in [4.78, 5) is 14.4. The van der Waals surface area contributed by atoms with Gasteiger partial charge in [0, 0.05) is 31.7 Å². The second kappa shape index (κ2) is 8.67. The molecule has 0 spiro atoms. The highest BCUT2D eigenvalue weighted by Crippen LogP contribution is 2.21. The highest BCUT2D eigenvalue weighted by Gasteiger charge is 2.28. The van der Waals surface area contributed by atoms with Crippen LogP contribution in [0.15, 0.2) is 18.2 Å². The lowest BCUT2D eigenvalue weighted by atomic mass is 10.1. The van der Waals surface area contributed by atoms with Crippen molar-refractivity contribution >= 4 is 15.9 Å². The van der Waals surface area contributed by atoms with Crippen molar-refractivity contribution in [1.29, 1.82) is 0 Å². The maximum atomic E-state index is 12.7. The van der Waals surface area contributed by atoms with Crippen molar-refractivity contribution < 1.29 is 17.9 Å². The summed E-state index contributed by atoms with van der Waals surface area (Å²) in [6.07, 6.45) is 1.53. The van der Waals surface area contributed by atoms with Crippen molar-refractivity contribution in [2.24, 2.45) is 0 Å². The van der Waals surface area contributed by atoms with Crippen LogP contribution in [0.5, 0.6) is 5.75 Å². The molecule has 0 unspecified atom stereocenters. The lowest BCUT2D eigenvalue weighted by Crippen LogP contribution is -2.51. The molecule has 1 aromatic rings. The van der Waals surface area contributed by atoms with Crippen LogP contribution < -0.4 is 4.74 Å². The molecule has 1 fully saturated rings. The van der Waals surface area contributed by atoms with Crippen LogP contribution in [0.2, 0.25) is 0 Å². The van der Waals surface area contributed by atoms with Crippen LogP contribution in [-0.2, 0) is 10.0 Å². The monoisotopic (exact) mass is 368 g/mol. The normalized spacial score (nSPS) is 16.0. The zero-order chi connectivity index (χ0) is 18.4. The van der Waals surface area contributed by atoms with Crippen LogP contribution in [0.25, 0.3) is 0 Å². The van der Waals surface area contributed by atoms with Gasteiger partial charge < -0.3 is 9.64 Å². The quantitative estimate of drug-likeness (QED) is 0.740. The number of benzene rings is 1. The molecular formula is C18H28N2O4S. The standard InChI is InChI=1S/C18H28N2O4S/c1-4-6-13-25(22,23)20-11-9-19(10-12-20)18(21)16-7-8-17(24-5-2)15(3)14-16/h7-8,14H,4-6,9-13H2,1-3H3. The molecule has 0 aromatic heterocycles. The Morgan fingerprint density at radius 3 is 2.40 bits per heavy atom. The molecule has 1 amide bonds. The number of sulfonamides is 1. The van der Waals surface area contributed by atoms with Gasteiger partial charge in [0.15, 0.2) is 0 Å². The molecule has 140 valence electrons. The van der Waals surface area contributed by atoms with Crippen LogP contribution in [0, 0.1) is 6.92 Å². The van der Waals surface area contributed by atoms with Crippen LogP contribution in [0.4, 0.5) is 0 Å². The highest BCUT2D eigenvalue weighted by atomic mass is 32.2. The molecule has 0 N–H and O–H groups in total. The van der Waals surface area contributed by atoms with Gasteiger partial charge >= 0.3 is 0 Å². The van der Waals surface area contributed by atoms with Gasteiger partial charge in [0.05, 0.1) is 12.4 Å². The average molecular weight is 368 g/mol. The Bertz CT molecular complexity index is 695. The highest BCUT2D eigenvalue weighted by molar-refractivity contribution is 7.89. The van der Waals surface area contributed by atoms with E-state index in [1.54, 1.807) is 11.0 Å². The Balaban J connectivity index is 1.98. The number of hydrogen-bond donors (Lipinski definition) is 0. The molecule has 1 aliphatic rings. The van der Waals surface area contributed by atoms with Crippen LogP contribution in [0.3, 0.4) is 0 Å². The molecule has 7 heteroatoms. The minimum absolute atomic E-state index is 0.0586. The molecule has 1 aromatic carbocycles. The van der Waals surface area contributed by atoms with E-state index in [4.69, 9.17) is 4.74 Å². The number of hydrogen-bond acceptors (Lipinski definition) is 4. The molecule has 0 atom stereocenters. The number of nitrogens with zero attached hydrogens (tertiary/aromatic N) is 2. The van der Waals surface area contributed by atoms with Gasteiger partial charge in [0.2, 0.25) is 10.0 Å². The third-order valence-electron chi connectivity index (χ3n) is 4.40. The first-order valence-electron chi connectivity index (χ1n) is 8.89. The molecule has 0 aliphatic carbocycles. The van der Waals surface area contributed by atoms with Crippen LogP contribution in [0.1, 0.15) is 42.6 Å². The van der Waals surface area contributed by atoms with Gasteiger partial charge in [-0.2, -0.15) is 4.31 Å². The number of carbonyl (C=O) groups is 1. The van der Waals surface area contributed by atoms with E-state index in [0.717, 1.165) is 17.7 Å². The smallest absolute Gasteiger partial charge is 0.253 e. The molecule has 1 heterocycles. The van der Waals surface area contributed by atoms with E-state index in [1.165, 1.54) is 4.31 Å². The average Bonchev–Trinajstić information content (AvgIpc) is 2.61. The largest absolute Gasteiger partial charge is 0.494 e. The number of rotatable bonds is 7.